The van der Waals surface area contributed by atoms with Crippen LogP contribution in [0, 0.1) is 5.92 Å². The van der Waals surface area contributed by atoms with E-state index in [0.29, 0.717) is 12.1 Å². The van der Waals surface area contributed by atoms with Crippen molar-refractivity contribution in [3.63, 3.8) is 0 Å². The van der Waals surface area contributed by atoms with Gasteiger partial charge >= 0.3 is 0 Å². The van der Waals surface area contributed by atoms with Crippen molar-refractivity contribution in [3.05, 3.63) is 60.2 Å². The van der Waals surface area contributed by atoms with Crippen LogP contribution in [0.2, 0.25) is 0 Å². The summed E-state index contributed by atoms with van der Waals surface area (Å²) in [5, 5.41) is 0. The van der Waals surface area contributed by atoms with Gasteiger partial charge in [-0.25, -0.2) is 8.42 Å². The number of rotatable bonds is 6. The van der Waals surface area contributed by atoms with Crippen molar-refractivity contribution in [1.29, 1.82) is 0 Å². The molecule has 2 aromatic carbocycles. The lowest BCUT2D eigenvalue weighted by Crippen LogP contribution is -2.32. The molecule has 1 saturated heterocycles. The molecule has 0 atom stereocenters. The van der Waals surface area contributed by atoms with E-state index < -0.39 is 10.0 Å². The highest BCUT2D eigenvalue weighted by Crippen LogP contribution is 2.24. The maximum Gasteiger partial charge on any atom is 0.233 e. The summed E-state index contributed by atoms with van der Waals surface area (Å²) in [5.41, 5.74) is 2.82. The van der Waals surface area contributed by atoms with Gasteiger partial charge in [0.15, 0.2) is 0 Å². The van der Waals surface area contributed by atoms with Crippen molar-refractivity contribution < 1.29 is 8.42 Å². The Balaban J connectivity index is 1.57. The van der Waals surface area contributed by atoms with E-state index in [1.807, 2.05) is 54.6 Å². The second kappa shape index (κ2) is 7.91. The zero-order chi connectivity index (χ0) is 17.7. The van der Waals surface area contributed by atoms with E-state index in [1.165, 1.54) is 18.5 Å². The third-order valence-electron chi connectivity index (χ3n) is 4.79. The summed E-state index contributed by atoms with van der Waals surface area (Å²) in [4.78, 5) is 2.37. The SMILES string of the molecule is CC1CCN(c2ccc(NS(=O)(=O)CCc3ccccc3)cc2)CC1. The van der Waals surface area contributed by atoms with Gasteiger partial charge in [0.05, 0.1) is 5.75 Å². The number of hydrogen-bond donors (Lipinski definition) is 1. The molecular weight excluding hydrogens is 332 g/mol. The molecule has 0 amide bonds. The number of nitrogens with one attached hydrogen (secondary N) is 1. The molecule has 25 heavy (non-hydrogen) atoms. The zero-order valence-corrected chi connectivity index (χ0v) is 15.5. The molecule has 1 N–H and O–H groups in total. The first-order valence-corrected chi connectivity index (χ1v) is 10.6. The number of nitrogens with zero attached hydrogens (tertiary/aromatic N) is 1. The largest absolute Gasteiger partial charge is 0.372 e. The fourth-order valence-electron chi connectivity index (χ4n) is 3.13. The molecular formula is C20H26N2O2S. The normalized spacial score (nSPS) is 16.0. The highest BCUT2D eigenvalue weighted by Gasteiger charge is 2.16. The summed E-state index contributed by atoms with van der Waals surface area (Å²) in [5.74, 6) is 0.884. The van der Waals surface area contributed by atoms with Crippen LogP contribution < -0.4 is 9.62 Å². The number of aryl methyl sites for hydroxylation is 1. The summed E-state index contributed by atoms with van der Waals surface area (Å²) < 4.78 is 27.2. The number of piperidine rings is 1. The standard InChI is InChI=1S/C20H26N2O2S/c1-17-11-14-22(15-12-17)20-9-7-19(8-10-20)21-25(23,24)16-13-18-5-3-2-4-6-18/h2-10,17,21H,11-16H2,1H3. The maximum absolute atomic E-state index is 12.3. The Kier molecular flexibility index (Phi) is 5.63. The summed E-state index contributed by atoms with van der Waals surface area (Å²) in [6, 6.07) is 17.4. The zero-order valence-electron chi connectivity index (χ0n) is 14.7. The highest BCUT2D eigenvalue weighted by molar-refractivity contribution is 7.92. The van der Waals surface area contributed by atoms with Crippen LogP contribution in [-0.4, -0.2) is 27.3 Å². The molecule has 1 aliphatic heterocycles. The van der Waals surface area contributed by atoms with Crippen molar-refractivity contribution in [1.82, 2.24) is 0 Å². The van der Waals surface area contributed by atoms with Crippen LogP contribution in [0.1, 0.15) is 25.3 Å². The minimum atomic E-state index is -3.34. The Morgan fingerprint density at radius 3 is 2.28 bits per heavy atom. The molecule has 4 nitrogen and oxygen atoms in total. The van der Waals surface area contributed by atoms with Crippen LogP contribution in [0.5, 0.6) is 0 Å². The fourth-order valence-corrected chi connectivity index (χ4v) is 4.24. The first-order valence-electron chi connectivity index (χ1n) is 8.91. The summed E-state index contributed by atoms with van der Waals surface area (Å²) >= 11 is 0. The summed E-state index contributed by atoms with van der Waals surface area (Å²) in [6.45, 7) is 4.44. The molecule has 0 spiro atoms. The molecule has 1 aliphatic rings. The maximum atomic E-state index is 12.3. The topological polar surface area (TPSA) is 49.4 Å². The van der Waals surface area contributed by atoms with Crippen LogP contribution in [0.3, 0.4) is 0 Å². The second-order valence-electron chi connectivity index (χ2n) is 6.87. The van der Waals surface area contributed by atoms with E-state index in [9.17, 15) is 8.42 Å². The molecule has 0 aromatic heterocycles. The van der Waals surface area contributed by atoms with Crippen molar-refractivity contribution >= 4 is 21.4 Å². The molecule has 1 heterocycles. The van der Waals surface area contributed by atoms with Crippen molar-refractivity contribution in [2.24, 2.45) is 5.92 Å². The number of hydrogen-bond acceptors (Lipinski definition) is 3. The van der Waals surface area contributed by atoms with E-state index in [1.54, 1.807) is 0 Å². The Morgan fingerprint density at radius 1 is 1.00 bits per heavy atom. The van der Waals surface area contributed by atoms with Crippen molar-refractivity contribution in [2.45, 2.75) is 26.2 Å². The van der Waals surface area contributed by atoms with Gasteiger partial charge in [0.2, 0.25) is 10.0 Å². The average molecular weight is 359 g/mol. The molecule has 1 fully saturated rings. The van der Waals surface area contributed by atoms with Crippen molar-refractivity contribution in [3.8, 4) is 0 Å². The third kappa shape index (κ3) is 5.23. The lowest BCUT2D eigenvalue weighted by Gasteiger charge is -2.32. The molecule has 0 radical (unpaired) electrons. The van der Waals surface area contributed by atoms with Crippen LogP contribution in [0.15, 0.2) is 54.6 Å². The highest BCUT2D eigenvalue weighted by atomic mass is 32.2. The Bertz CT molecular complexity index is 765. The van der Waals surface area contributed by atoms with E-state index >= 15 is 0 Å². The van der Waals surface area contributed by atoms with Gasteiger partial charge in [0.1, 0.15) is 0 Å². The van der Waals surface area contributed by atoms with Gasteiger partial charge in [-0.15, -0.1) is 0 Å². The lowest BCUT2D eigenvalue weighted by molar-refractivity contribution is 0.438. The van der Waals surface area contributed by atoms with Gasteiger partial charge < -0.3 is 4.90 Å². The molecule has 0 unspecified atom stereocenters. The van der Waals surface area contributed by atoms with E-state index in [-0.39, 0.29) is 5.75 Å². The summed E-state index contributed by atoms with van der Waals surface area (Å²) in [6.07, 6.45) is 2.95. The molecule has 3 rings (SSSR count). The second-order valence-corrected chi connectivity index (χ2v) is 8.71. The Labute approximate surface area is 150 Å². The minimum absolute atomic E-state index is 0.0861. The fraction of sp³-hybridized carbons (Fsp3) is 0.400. The van der Waals surface area contributed by atoms with E-state index in [0.717, 1.165) is 24.6 Å². The molecule has 5 heteroatoms. The molecule has 0 aliphatic carbocycles. The number of benzene rings is 2. The van der Waals surface area contributed by atoms with E-state index in [2.05, 4.69) is 16.5 Å². The number of sulfonamides is 1. The van der Waals surface area contributed by atoms with Crippen LogP contribution in [0.4, 0.5) is 11.4 Å². The minimum Gasteiger partial charge on any atom is -0.372 e. The predicted octanol–water partition coefficient (Wildman–Crippen LogP) is 3.91. The smallest absolute Gasteiger partial charge is 0.233 e. The van der Waals surface area contributed by atoms with Gasteiger partial charge in [-0.1, -0.05) is 37.3 Å². The number of anilines is 2. The van der Waals surface area contributed by atoms with Gasteiger partial charge in [-0.3, -0.25) is 4.72 Å². The first kappa shape index (κ1) is 17.8. The van der Waals surface area contributed by atoms with E-state index in [4.69, 9.17) is 0 Å². The lowest BCUT2D eigenvalue weighted by atomic mass is 9.99. The van der Waals surface area contributed by atoms with Crippen LogP contribution in [-0.2, 0) is 16.4 Å². The predicted molar refractivity (Wildman–Crippen MR) is 105 cm³/mol. The molecule has 134 valence electrons. The monoisotopic (exact) mass is 358 g/mol. The first-order chi connectivity index (χ1) is 12.0. The van der Waals surface area contributed by atoms with Gasteiger partial charge in [-0.05, 0) is 55.0 Å². The van der Waals surface area contributed by atoms with Crippen LogP contribution in [0.25, 0.3) is 0 Å². The Hall–Kier alpha value is -2.01. The van der Waals surface area contributed by atoms with Crippen molar-refractivity contribution in [2.75, 3.05) is 28.5 Å². The average Bonchev–Trinajstić information content (AvgIpc) is 2.62. The van der Waals surface area contributed by atoms with Gasteiger partial charge in [-0.2, -0.15) is 0 Å². The quantitative estimate of drug-likeness (QED) is 0.852. The molecule has 0 bridgehead atoms. The third-order valence-corrected chi connectivity index (χ3v) is 6.08. The summed E-state index contributed by atoms with van der Waals surface area (Å²) in [7, 11) is -3.34. The van der Waals surface area contributed by atoms with Crippen LogP contribution >= 0.6 is 0 Å². The molecule has 0 saturated carbocycles. The van der Waals surface area contributed by atoms with Gasteiger partial charge in [0.25, 0.3) is 0 Å². The Morgan fingerprint density at radius 2 is 1.64 bits per heavy atom. The molecule has 2 aromatic rings. The van der Waals surface area contributed by atoms with Gasteiger partial charge in [0, 0.05) is 24.5 Å².